The molecule has 3 aromatic carbocycles. The Morgan fingerprint density at radius 3 is 1.66 bits per heavy atom. The first-order valence-electron chi connectivity index (χ1n) is 20.5. The van der Waals surface area contributed by atoms with E-state index in [9.17, 15) is 32.3 Å². The summed E-state index contributed by atoms with van der Waals surface area (Å²) in [4.78, 5) is 79.2. The van der Waals surface area contributed by atoms with E-state index in [-0.39, 0.29) is 35.6 Å². The third kappa shape index (κ3) is 9.00. The molecule has 64 heavy (non-hydrogen) atoms. The van der Waals surface area contributed by atoms with Crippen molar-refractivity contribution < 1.29 is 41.8 Å². The van der Waals surface area contributed by atoms with Crippen LogP contribution in [0.2, 0.25) is 0 Å². The Hall–Kier alpha value is -7.57. The van der Waals surface area contributed by atoms with Crippen LogP contribution in [-0.4, -0.2) is 91.0 Å². The lowest BCUT2D eigenvalue weighted by atomic mass is 10.1. The second-order valence-electron chi connectivity index (χ2n) is 15.2. The minimum atomic E-state index is -4.82. The van der Waals surface area contributed by atoms with E-state index in [0.29, 0.717) is 65.4 Å². The number of rotatable bonds is 11. The third-order valence-electron chi connectivity index (χ3n) is 11.3. The quantitative estimate of drug-likeness (QED) is 0.101. The molecule has 6 aromatic rings. The van der Waals surface area contributed by atoms with Gasteiger partial charge in [-0.1, -0.05) is 84.9 Å². The standard InChI is InChI=1S/C45H43F3N10O6/c1-63-43(61)54-35(26-11-5-3-6-12-26)41(59)57-21-9-15-32(57)39-51-25-31(52-39)30-23-49-38(50-24-30)29-19-17-28(18-20-29)34-37(45(46,47)48)56-40(53-34)33-16-10-22-58(33)42(60)36(55-44(62)64-2)27-13-7-4-8-14-27/h3-8,11-14,17-20,23-25,32-33,35-36H,9-10,15-16,21-22H2,1-2H3,(H,51,52)(H,53,56)(H,54,61)(H,55,62)/t32-,33-,35?,36?/m0/s1. The summed E-state index contributed by atoms with van der Waals surface area (Å²) in [5.74, 6) is 0.0500. The van der Waals surface area contributed by atoms with Crippen LogP contribution in [0.1, 0.15) is 78.3 Å². The molecule has 2 saturated heterocycles. The fraction of sp³-hybridized carbons (Fsp3) is 0.289. The number of hydrogen-bond donors (Lipinski definition) is 4. The van der Waals surface area contributed by atoms with Crippen molar-refractivity contribution in [2.75, 3.05) is 27.3 Å². The molecular formula is C45H43F3N10O6. The van der Waals surface area contributed by atoms with E-state index >= 15 is 0 Å². The number of nitrogens with zero attached hydrogens (tertiary/aromatic N) is 6. The van der Waals surface area contributed by atoms with Gasteiger partial charge in [0.15, 0.2) is 11.5 Å². The predicted molar refractivity (Wildman–Crippen MR) is 224 cm³/mol. The summed E-state index contributed by atoms with van der Waals surface area (Å²) < 4.78 is 53.2. The van der Waals surface area contributed by atoms with Crippen LogP contribution in [-0.2, 0) is 25.2 Å². The molecule has 4 amide bonds. The minimum Gasteiger partial charge on any atom is -0.453 e. The van der Waals surface area contributed by atoms with Gasteiger partial charge in [-0.2, -0.15) is 13.2 Å². The molecular weight excluding hydrogens is 834 g/mol. The van der Waals surface area contributed by atoms with Gasteiger partial charge in [-0.15, -0.1) is 0 Å². The first-order valence-corrected chi connectivity index (χ1v) is 20.5. The summed E-state index contributed by atoms with van der Waals surface area (Å²) in [5, 5.41) is 5.21. The number of imidazole rings is 2. The number of hydrogen-bond acceptors (Lipinski definition) is 10. The van der Waals surface area contributed by atoms with Crippen LogP contribution in [0.4, 0.5) is 22.8 Å². The highest BCUT2D eigenvalue weighted by molar-refractivity contribution is 5.88. The zero-order valence-electron chi connectivity index (χ0n) is 34.6. The monoisotopic (exact) mass is 876 g/mol. The molecule has 330 valence electrons. The first kappa shape index (κ1) is 43.1. The number of alkyl carbamates (subject to hydrolysis) is 2. The van der Waals surface area contributed by atoms with E-state index in [1.165, 1.54) is 31.3 Å². The summed E-state index contributed by atoms with van der Waals surface area (Å²) in [6.07, 6.45) is 0.683. The molecule has 2 unspecified atom stereocenters. The topological polar surface area (TPSA) is 200 Å². The summed E-state index contributed by atoms with van der Waals surface area (Å²) in [6, 6.07) is 20.4. The average molecular weight is 877 g/mol. The summed E-state index contributed by atoms with van der Waals surface area (Å²) in [7, 11) is 2.41. The van der Waals surface area contributed by atoms with Crippen molar-refractivity contribution in [2.24, 2.45) is 0 Å². The molecule has 16 nitrogen and oxygen atoms in total. The number of aromatic amines is 2. The fourth-order valence-corrected chi connectivity index (χ4v) is 8.20. The fourth-order valence-electron chi connectivity index (χ4n) is 8.20. The van der Waals surface area contributed by atoms with Crippen molar-refractivity contribution >= 4 is 24.0 Å². The third-order valence-corrected chi connectivity index (χ3v) is 11.3. The highest BCUT2D eigenvalue weighted by Crippen LogP contribution is 2.41. The van der Waals surface area contributed by atoms with Crippen molar-refractivity contribution in [1.82, 2.24) is 50.3 Å². The number of methoxy groups -OCH3 is 2. The number of alkyl halides is 3. The van der Waals surface area contributed by atoms with Gasteiger partial charge in [0.25, 0.3) is 11.8 Å². The number of benzene rings is 3. The molecule has 0 spiro atoms. The number of halogens is 3. The normalized spacial score (nSPS) is 17.1. The molecule has 0 radical (unpaired) electrons. The van der Waals surface area contributed by atoms with Gasteiger partial charge in [0.05, 0.1) is 43.9 Å². The number of nitrogens with one attached hydrogen (secondary N) is 4. The zero-order chi connectivity index (χ0) is 45.0. The Morgan fingerprint density at radius 2 is 1.16 bits per heavy atom. The van der Waals surface area contributed by atoms with Crippen LogP contribution in [0.25, 0.3) is 33.9 Å². The van der Waals surface area contributed by atoms with Crippen LogP contribution in [0, 0.1) is 0 Å². The van der Waals surface area contributed by atoms with Crippen molar-refractivity contribution in [3.8, 4) is 33.9 Å². The van der Waals surface area contributed by atoms with Crippen LogP contribution in [0.5, 0.6) is 0 Å². The van der Waals surface area contributed by atoms with E-state index in [1.807, 2.05) is 6.07 Å². The van der Waals surface area contributed by atoms with Gasteiger partial charge >= 0.3 is 18.4 Å². The smallest absolute Gasteiger partial charge is 0.435 e. The molecule has 4 atom stereocenters. The SMILES string of the molecule is COC(=O)NC(C(=O)N1CCC[C@H]1c1ncc(-c2cnc(-c3ccc(-c4[nH]c([C@@H]5CCCN5C(=O)C(NC(=O)OC)c5ccccc5)nc4C(F)(F)F)cc3)nc2)[nH]1)c1ccccc1. The maximum Gasteiger partial charge on any atom is 0.435 e. The number of carbonyl (C=O) groups is 4. The first-order chi connectivity index (χ1) is 30.9. The van der Waals surface area contributed by atoms with Gasteiger partial charge < -0.3 is 39.9 Å². The Kier molecular flexibility index (Phi) is 12.4. The van der Waals surface area contributed by atoms with E-state index in [0.717, 1.165) is 6.42 Å². The predicted octanol–water partition coefficient (Wildman–Crippen LogP) is 7.46. The lowest BCUT2D eigenvalue weighted by molar-refractivity contribution is -0.140. The van der Waals surface area contributed by atoms with Crippen LogP contribution < -0.4 is 10.6 Å². The van der Waals surface area contributed by atoms with Gasteiger partial charge in [0.2, 0.25) is 0 Å². The lowest BCUT2D eigenvalue weighted by Gasteiger charge is -2.28. The summed E-state index contributed by atoms with van der Waals surface area (Å²) in [5.41, 5.74) is 1.68. The van der Waals surface area contributed by atoms with Gasteiger partial charge in [-0.25, -0.2) is 29.5 Å². The van der Waals surface area contributed by atoms with Crippen molar-refractivity contribution in [3.05, 3.63) is 132 Å². The number of likely N-dealkylation sites (tertiary alicyclic amines) is 2. The van der Waals surface area contributed by atoms with Crippen LogP contribution in [0.15, 0.2) is 104 Å². The van der Waals surface area contributed by atoms with Gasteiger partial charge in [0, 0.05) is 42.2 Å². The largest absolute Gasteiger partial charge is 0.453 e. The highest BCUT2D eigenvalue weighted by Gasteiger charge is 2.42. The maximum absolute atomic E-state index is 14.6. The van der Waals surface area contributed by atoms with Crippen LogP contribution in [0.3, 0.4) is 0 Å². The maximum atomic E-state index is 14.6. The molecule has 19 heteroatoms. The summed E-state index contributed by atoms with van der Waals surface area (Å²) in [6.45, 7) is 0.713. The Morgan fingerprint density at radius 1 is 0.656 bits per heavy atom. The van der Waals surface area contributed by atoms with E-state index in [4.69, 9.17) is 9.47 Å². The minimum absolute atomic E-state index is 0.0257. The van der Waals surface area contributed by atoms with E-state index < -0.39 is 48.1 Å². The lowest BCUT2D eigenvalue weighted by Crippen LogP contribution is -2.42. The number of amides is 4. The number of aromatic nitrogens is 6. The molecule has 5 heterocycles. The van der Waals surface area contributed by atoms with E-state index in [1.54, 1.807) is 90.2 Å². The zero-order valence-corrected chi connectivity index (χ0v) is 34.6. The molecule has 0 aliphatic carbocycles. The number of H-pyrrole nitrogens is 2. The Labute approximate surface area is 364 Å². The molecule has 3 aromatic heterocycles. The second-order valence-corrected chi connectivity index (χ2v) is 15.2. The number of carbonyl (C=O) groups excluding carboxylic acids is 4. The van der Waals surface area contributed by atoms with Gasteiger partial charge in [-0.05, 0) is 36.8 Å². The highest BCUT2D eigenvalue weighted by atomic mass is 19.4. The molecule has 4 N–H and O–H groups in total. The Bertz CT molecular complexity index is 2610. The number of ether oxygens (including phenoxy) is 2. The average Bonchev–Trinajstić information content (AvgIpc) is 4.17. The molecule has 2 aliphatic rings. The van der Waals surface area contributed by atoms with Gasteiger partial charge in [-0.3, -0.25) is 9.59 Å². The van der Waals surface area contributed by atoms with Crippen molar-refractivity contribution in [1.29, 1.82) is 0 Å². The molecule has 0 bridgehead atoms. The molecule has 0 saturated carbocycles. The van der Waals surface area contributed by atoms with Gasteiger partial charge in [0.1, 0.15) is 23.7 Å². The Balaban J connectivity index is 0.982. The summed E-state index contributed by atoms with van der Waals surface area (Å²) >= 11 is 0. The van der Waals surface area contributed by atoms with Crippen LogP contribution >= 0.6 is 0 Å². The molecule has 2 aliphatic heterocycles. The van der Waals surface area contributed by atoms with Crippen molar-refractivity contribution in [3.63, 3.8) is 0 Å². The van der Waals surface area contributed by atoms with E-state index in [2.05, 4.69) is 40.5 Å². The van der Waals surface area contributed by atoms with Crippen molar-refractivity contribution in [2.45, 2.75) is 56.0 Å². The molecule has 8 rings (SSSR count). The second kappa shape index (κ2) is 18.4. The molecule has 2 fully saturated rings.